The highest BCUT2D eigenvalue weighted by Gasteiger charge is 2.34. The Morgan fingerprint density at radius 3 is 2.84 bits per heavy atom. The Labute approximate surface area is 115 Å². The second-order valence-corrected chi connectivity index (χ2v) is 6.09. The van der Waals surface area contributed by atoms with Gasteiger partial charge in [0.05, 0.1) is 5.69 Å². The molecule has 0 aromatic carbocycles. The third-order valence-corrected chi connectivity index (χ3v) is 4.91. The molecule has 2 fully saturated rings. The Morgan fingerprint density at radius 2 is 2.16 bits per heavy atom. The molecule has 2 aliphatic rings. The van der Waals surface area contributed by atoms with Crippen molar-refractivity contribution in [2.24, 2.45) is 5.92 Å². The Hall–Kier alpha value is -0.870. The van der Waals surface area contributed by atoms with E-state index in [0.29, 0.717) is 6.04 Å². The van der Waals surface area contributed by atoms with Crippen molar-refractivity contribution in [2.45, 2.75) is 64.6 Å². The van der Waals surface area contributed by atoms with E-state index in [9.17, 15) is 0 Å². The molecule has 1 aromatic rings. The number of rotatable bonds is 4. The number of aryl methyl sites for hydroxylation is 2. The van der Waals surface area contributed by atoms with Crippen LogP contribution < -0.4 is 10.6 Å². The molecule has 3 unspecified atom stereocenters. The first kappa shape index (κ1) is 13.1. The van der Waals surface area contributed by atoms with Gasteiger partial charge in [-0.15, -0.1) is 0 Å². The summed E-state index contributed by atoms with van der Waals surface area (Å²) in [6.45, 7) is 6.13. The molecule has 3 rings (SSSR count). The number of hydrogen-bond acceptors (Lipinski definition) is 4. The number of nitrogens with zero attached hydrogens (tertiary/aromatic N) is 1. The lowest BCUT2D eigenvalue weighted by molar-refractivity contribution is 0.319. The summed E-state index contributed by atoms with van der Waals surface area (Å²) < 4.78 is 5.23. The second kappa shape index (κ2) is 5.63. The summed E-state index contributed by atoms with van der Waals surface area (Å²) in [5, 5.41) is 11.5. The molecule has 19 heavy (non-hydrogen) atoms. The van der Waals surface area contributed by atoms with Crippen molar-refractivity contribution in [2.75, 3.05) is 6.54 Å². The summed E-state index contributed by atoms with van der Waals surface area (Å²) in [4.78, 5) is 0. The Bertz CT molecular complexity index is 404. The fourth-order valence-corrected chi connectivity index (χ4v) is 3.79. The summed E-state index contributed by atoms with van der Waals surface area (Å²) in [5.74, 6) is 1.77. The summed E-state index contributed by atoms with van der Waals surface area (Å²) >= 11 is 0. The Balaban J connectivity index is 1.59. The van der Waals surface area contributed by atoms with Crippen LogP contribution in [0.5, 0.6) is 0 Å². The van der Waals surface area contributed by atoms with Crippen LogP contribution in [0.3, 0.4) is 0 Å². The van der Waals surface area contributed by atoms with Crippen molar-refractivity contribution in [3.63, 3.8) is 0 Å². The maximum absolute atomic E-state index is 5.23. The molecular weight excluding hydrogens is 238 g/mol. The van der Waals surface area contributed by atoms with Crippen molar-refractivity contribution in [1.29, 1.82) is 0 Å². The molecule has 3 atom stereocenters. The van der Waals surface area contributed by atoms with Crippen LogP contribution in [0.1, 0.15) is 49.1 Å². The normalized spacial score (nSPS) is 31.2. The zero-order chi connectivity index (χ0) is 13.2. The lowest BCUT2D eigenvalue weighted by Crippen LogP contribution is -2.41. The van der Waals surface area contributed by atoms with Crippen molar-refractivity contribution in [1.82, 2.24) is 15.8 Å². The van der Waals surface area contributed by atoms with E-state index in [2.05, 4.69) is 15.8 Å². The molecule has 2 heterocycles. The fraction of sp³-hybridized carbons (Fsp3) is 0.800. The van der Waals surface area contributed by atoms with Gasteiger partial charge in [0.15, 0.2) is 0 Å². The van der Waals surface area contributed by atoms with Crippen LogP contribution in [-0.2, 0) is 6.54 Å². The van der Waals surface area contributed by atoms with Crippen LogP contribution in [0.2, 0.25) is 0 Å². The van der Waals surface area contributed by atoms with Crippen molar-refractivity contribution in [3.05, 3.63) is 17.0 Å². The number of nitrogens with one attached hydrogen (secondary N) is 2. The van der Waals surface area contributed by atoms with E-state index >= 15 is 0 Å². The summed E-state index contributed by atoms with van der Waals surface area (Å²) in [6.07, 6.45) is 6.75. The van der Waals surface area contributed by atoms with E-state index in [1.165, 1.54) is 44.2 Å². The van der Waals surface area contributed by atoms with Crippen LogP contribution >= 0.6 is 0 Å². The van der Waals surface area contributed by atoms with Crippen LogP contribution in [0.4, 0.5) is 0 Å². The molecule has 106 valence electrons. The van der Waals surface area contributed by atoms with Crippen LogP contribution in [0, 0.1) is 19.8 Å². The molecule has 4 heteroatoms. The summed E-state index contributed by atoms with van der Waals surface area (Å²) in [5.41, 5.74) is 2.27. The van der Waals surface area contributed by atoms with E-state index in [4.69, 9.17) is 4.52 Å². The number of aromatic nitrogens is 1. The SMILES string of the molecule is Cc1noc(C)c1CNC1CCCC1C1CCCN1. The van der Waals surface area contributed by atoms with Crippen LogP contribution in [-0.4, -0.2) is 23.8 Å². The quantitative estimate of drug-likeness (QED) is 0.875. The smallest absolute Gasteiger partial charge is 0.138 e. The van der Waals surface area contributed by atoms with E-state index in [-0.39, 0.29) is 0 Å². The first-order valence-corrected chi connectivity index (χ1v) is 7.64. The van der Waals surface area contributed by atoms with Gasteiger partial charge in [0, 0.05) is 24.2 Å². The third kappa shape index (κ3) is 2.70. The highest BCUT2D eigenvalue weighted by atomic mass is 16.5. The summed E-state index contributed by atoms with van der Waals surface area (Å²) in [7, 11) is 0. The van der Waals surface area contributed by atoms with Gasteiger partial charge < -0.3 is 15.2 Å². The van der Waals surface area contributed by atoms with E-state index < -0.39 is 0 Å². The third-order valence-electron chi connectivity index (χ3n) is 4.91. The van der Waals surface area contributed by atoms with Gasteiger partial charge in [-0.1, -0.05) is 11.6 Å². The van der Waals surface area contributed by atoms with Gasteiger partial charge in [-0.2, -0.15) is 0 Å². The minimum Gasteiger partial charge on any atom is -0.361 e. The zero-order valence-electron chi connectivity index (χ0n) is 12.0. The number of hydrogen-bond donors (Lipinski definition) is 2. The second-order valence-electron chi connectivity index (χ2n) is 6.09. The first-order chi connectivity index (χ1) is 9.25. The molecule has 0 radical (unpaired) electrons. The van der Waals surface area contributed by atoms with Gasteiger partial charge in [-0.25, -0.2) is 0 Å². The van der Waals surface area contributed by atoms with Crippen molar-refractivity contribution < 1.29 is 4.52 Å². The molecule has 4 nitrogen and oxygen atoms in total. The van der Waals surface area contributed by atoms with Crippen molar-refractivity contribution >= 4 is 0 Å². The molecule has 0 amide bonds. The lowest BCUT2D eigenvalue weighted by atomic mass is 9.93. The van der Waals surface area contributed by atoms with Gasteiger partial charge in [-0.05, 0) is 52.0 Å². The maximum atomic E-state index is 5.23. The average molecular weight is 263 g/mol. The Kier molecular flexibility index (Phi) is 3.89. The molecular formula is C15H25N3O. The molecule has 2 N–H and O–H groups in total. The summed E-state index contributed by atoms with van der Waals surface area (Å²) in [6, 6.07) is 1.40. The molecule has 0 bridgehead atoms. The van der Waals surface area contributed by atoms with Gasteiger partial charge in [0.25, 0.3) is 0 Å². The van der Waals surface area contributed by atoms with Crippen LogP contribution in [0.15, 0.2) is 4.52 Å². The standard InChI is InChI=1S/C15H25N3O/c1-10-13(11(2)19-18-10)9-17-15-6-3-5-12(15)14-7-4-8-16-14/h12,14-17H,3-9H2,1-2H3. The topological polar surface area (TPSA) is 50.1 Å². The van der Waals surface area contributed by atoms with Gasteiger partial charge >= 0.3 is 0 Å². The Morgan fingerprint density at radius 1 is 1.26 bits per heavy atom. The largest absolute Gasteiger partial charge is 0.361 e. The van der Waals surface area contributed by atoms with Gasteiger partial charge in [-0.3, -0.25) is 0 Å². The van der Waals surface area contributed by atoms with E-state index in [0.717, 1.165) is 30.0 Å². The van der Waals surface area contributed by atoms with Gasteiger partial charge in [0.1, 0.15) is 5.76 Å². The molecule has 1 aliphatic heterocycles. The molecule has 1 saturated heterocycles. The highest BCUT2D eigenvalue weighted by molar-refractivity contribution is 5.20. The predicted octanol–water partition coefficient (Wildman–Crippen LogP) is 2.30. The maximum Gasteiger partial charge on any atom is 0.138 e. The fourth-order valence-electron chi connectivity index (χ4n) is 3.79. The minimum atomic E-state index is 0.657. The van der Waals surface area contributed by atoms with Gasteiger partial charge in [0.2, 0.25) is 0 Å². The molecule has 1 aromatic heterocycles. The first-order valence-electron chi connectivity index (χ1n) is 7.64. The van der Waals surface area contributed by atoms with E-state index in [1.807, 2.05) is 13.8 Å². The monoisotopic (exact) mass is 263 g/mol. The molecule has 0 spiro atoms. The van der Waals surface area contributed by atoms with Crippen molar-refractivity contribution in [3.8, 4) is 0 Å². The minimum absolute atomic E-state index is 0.657. The molecule has 1 aliphatic carbocycles. The van der Waals surface area contributed by atoms with E-state index in [1.54, 1.807) is 0 Å². The van der Waals surface area contributed by atoms with Crippen LogP contribution in [0.25, 0.3) is 0 Å². The average Bonchev–Trinajstić information content (AvgIpc) is 3.09. The zero-order valence-corrected chi connectivity index (χ0v) is 12.0. The lowest BCUT2D eigenvalue weighted by Gasteiger charge is -2.26. The predicted molar refractivity (Wildman–Crippen MR) is 75.0 cm³/mol. The highest BCUT2D eigenvalue weighted by Crippen LogP contribution is 2.32. The molecule has 1 saturated carbocycles.